The lowest BCUT2D eigenvalue weighted by Gasteiger charge is -2.46. The van der Waals surface area contributed by atoms with Gasteiger partial charge in [0.2, 0.25) is 6.29 Å². The number of benzene rings is 4. The molecule has 2 heterocycles. The first-order chi connectivity index (χ1) is 32.9. The van der Waals surface area contributed by atoms with Gasteiger partial charge in [0.05, 0.1) is 24.3 Å². The largest absolute Gasteiger partial charge is 0.507 e. The molecule has 0 radical (unpaired) electrons. The van der Waals surface area contributed by atoms with E-state index in [0.29, 0.717) is 0 Å². The van der Waals surface area contributed by atoms with E-state index in [2.05, 4.69) is 0 Å². The molecular formula is C48H50O22. The van der Waals surface area contributed by atoms with Gasteiger partial charge in [0.15, 0.2) is 29.1 Å². The third kappa shape index (κ3) is 7.50. The predicted molar refractivity (Wildman–Crippen MR) is 233 cm³/mol. The third-order valence-corrected chi connectivity index (χ3v) is 13.8. The summed E-state index contributed by atoms with van der Waals surface area (Å²) in [5, 5.41) is 129. The van der Waals surface area contributed by atoms with E-state index in [4.69, 9.17) is 28.7 Å². The SMILES string of the molecule is Cc1ccc2c(c1O)C(=O)c1c(cc(O)c(C(=O)O)c1C)[C@]2(C)OO[C@@]1(C)c2cc(O[C@H]3O[C@@H](CO)[C@@H](O)[C@@H](O[C@@H]4O[C@H](CO)[C@H](O)[C@H](O)[C@H]4O)[C@@H]3O)c(C(=O)O)c(C)c2C(=O)c2c1ccc(C)c2O. The van der Waals surface area contributed by atoms with Crippen LogP contribution < -0.4 is 4.74 Å². The molecule has 2 aliphatic heterocycles. The number of fused-ring (bicyclic) bond motifs is 4. The molecule has 0 spiro atoms. The monoisotopic (exact) mass is 978 g/mol. The number of aromatic carboxylic acids is 2. The summed E-state index contributed by atoms with van der Waals surface area (Å²) >= 11 is 0. The van der Waals surface area contributed by atoms with E-state index in [-0.39, 0.29) is 66.8 Å². The van der Waals surface area contributed by atoms with Crippen molar-refractivity contribution in [3.05, 3.63) is 114 Å². The summed E-state index contributed by atoms with van der Waals surface area (Å²) in [5.74, 6) is -7.28. The van der Waals surface area contributed by atoms with Gasteiger partial charge in [-0.15, -0.1) is 0 Å². The van der Waals surface area contributed by atoms with Gasteiger partial charge < -0.3 is 80.2 Å². The predicted octanol–water partition coefficient (Wildman–Crippen LogP) is 0.701. The Balaban J connectivity index is 1.27. The highest BCUT2D eigenvalue weighted by Crippen LogP contribution is 2.53. The standard InChI is InChI=1S/C48H50O22/c1-15-7-9-19-31(33(15)52)37(56)27-17(3)29(43(61)62)23(51)11-21(27)47(19,5)69-70-48(6)20-10-8-16(2)34(53)32(20)38(57)28-18(4)30(44(63)64)24(12-22(28)48)65-46-41(60)42(36(55)26(14-50)67-46)68-45-40(59)39(58)35(54)25(13-49)66-45/h7-12,25-26,35-36,39-42,45-46,49-55,58-60H,13-14H2,1-6H3,(H,61,62)(H,63,64)/t25-,26+,35+,36-,39+,40-,41+,42-,45+,46+,47-,48-/m1/s1. The number of hydrogen-bond acceptors (Lipinski definition) is 20. The van der Waals surface area contributed by atoms with Gasteiger partial charge in [0.1, 0.15) is 83.0 Å². The van der Waals surface area contributed by atoms with E-state index in [0.717, 1.165) is 12.1 Å². The summed E-state index contributed by atoms with van der Waals surface area (Å²) in [6, 6.07) is 7.86. The van der Waals surface area contributed by atoms with Gasteiger partial charge in [0, 0.05) is 33.4 Å². The van der Waals surface area contributed by atoms with Gasteiger partial charge in [-0.05, 0) is 75.9 Å². The van der Waals surface area contributed by atoms with Crippen LogP contribution in [0.4, 0.5) is 0 Å². The van der Waals surface area contributed by atoms with Crippen LogP contribution in [0.15, 0.2) is 36.4 Å². The Hall–Kier alpha value is -6.12. The zero-order valence-electron chi connectivity index (χ0n) is 38.1. The van der Waals surface area contributed by atoms with E-state index < -0.39 is 143 Å². The Morgan fingerprint density at radius 3 is 1.53 bits per heavy atom. The number of aliphatic hydroxyl groups excluding tert-OH is 7. The molecule has 2 saturated heterocycles. The number of ether oxygens (including phenoxy) is 4. The molecule has 4 aliphatic rings. The summed E-state index contributed by atoms with van der Waals surface area (Å²) in [7, 11) is 0. The number of carboxylic acid groups (broad SMARTS) is 2. The summed E-state index contributed by atoms with van der Waals surface area (Å²) in [5.41, 5.74) is -7.01. The quantitative estimate of drug-likeness (QED) is 0.0727. The lowest BCUT2D eigenvalue weighted by Crippen LogP contribution is -2.65. The molecule has 0 saturated carbocycles. The second kappa shape index (κ2) is 17.9. The van der Waals surface area contributed by atoms with E-state index >= 15 is 0 Å². The minimum Gasteiger partial charge on any atom is -0.507 e. The highest BCUT2D eigenvalue weighted by atomic mass is 17.2. The van der Waals surface area contributed by atoms with Crippen molar-refractivity contribution in [2.24, 2.45) is 0 Å². The van der Waals surface area contributed by atoms with E-state index in [9.17, 15) is 80.5 Å². The zero-order chi connectivity index (χ0) is 51.4. The van der Waals surface area contributed by atoms with Crippen LogP contribution in [0, 0.1) is 27.7 Å². The molecule has 12 N–H and O–H groups in total. The van der Waals surface area contributed by atoms with Crippen molar-refractivity contribution in [2.75, 3.05) is 13.2 Å². The van der Waals surface area contributed by atoms with E-state index in [1.54, 1.807) is 0 Å². The first-order valence-corrected chi connectivity index (χ1v) is 21.7. The Bertz CT molecular complexity index is 2860. The molecule has 374 valence electrons. The fourth-order valence-corrected chi connectivity index (χ4v) is 9.86. The molecular weight excluding hydrogens is 929 g/mol. The molecule has 4 aromatic rings. The van der Waals surface area contributed by atoms with E-state index in [1.165, 1.54) is 65.8 Å². The van der Waals surface area contributed by atoms with Gasteiger partial charge in [-0.25, -0.2) is 19.4 Å². The maximum Gasteiger partial charge on any atom is 0.339 e. The fraction of sp³-hybridized carbons (Fsp3) is 0.417. The number of carboxylic acids is 2. The van der Waals surface area contributed by atoms with Crippen LogP contribution in [0.25, 0.3) is 0 Å². The highest BCUT2D eigenvalue weighted by Gasteiger charge is 2.54. The topological polar surface area (TPSA) is 366 Å². The average Bonchev–Trinajstić information content (AvgIpc) is 3.30. The van der Waals surface area contributed by atoms with Crippen LogP contribution in [0.1, 0.15) is 111 Å². The fourth-order valence-electron chi connectivity index (χ4n) is 9.86. The number of phenols is 3. The van der Waals surface area contributed by atoms with Crippen LogP contribution >= 0.6 is 0 Å². The lowest BCUT2D eigenvalue weighted by atomic mass is 9.71. The lowest BCUT2D eigenvalue weighted by molar-refractivity contribution is -0.399. The Morgan fingerprint density at radius 1 is 0.586 bits per heavy atom. The van der Waals surface area contributed by atoms with Crippen molar-refractivity contribution in [2.45, 2.75) is 114 Å². The molecule has 0 amide bonds. The average molecular weight is 979 g/mol. The number of carbonyl (C=O) groups is 4. The Kier molecular flexibility index (Phi) is 12.9. The number of aromatic hydroxyl groups is 3. The zero-order valence-corrected chi connectivity index (χ0v) is 38.1. The van der Waals surface area contributed by atoms with Gasteiger partial charge in [-0.2, -0.15) is 0 Å². The van der Waals surface area contributed by atoms with Crippen molar-refractivity contribution >= 4 is 23.5 Å². The summed E-state index contributed by atoms with van der Waals surface area (Å²) in [6.45, 7) is 6.52. The maximum absolute atomic E-state index is 14.7. The number of carbonyl (C=O) groups excluding carboxylic acids is 2. The number of aryl methyl sites for hydroxylation is 2. The molecule has 0 bridgehead atoms. The first-order valence-electron chi connectivity index (χ1n) is 21.7. The summed E-state index contributed by atoms with van der Waals surface area (Å²) < 4.78 is 22.9. The number of rotatable bonds is 11. The van der Waals surface area contributed by atoms with Crippen molar-refractivity contribution in [1.29, 1.82) is 0 Å². The van der Waals surface area contributed by atoms with Crippen molar-refractivity contribution in [3.63, 3.8) is 0 Å². The van der Waals surface area contributed by atoms with Crippen LogP contribution in [-0.4, -0.2) is 159 Å². The molecule has 22 heteroatoms. The van der Waals surface area contributed by atoms with Gasteiger partial charge in [-0.3, -0.25) is 9.59 Å². The summed E-state index contributed by atoms with van der Waals surface area (Å²) in [6.07, 6.45) is -18.8. The molecule has 4 aromatic carbocycles. The molecule has 8 rings (SSSR count). The maximum atomic E-state index is 14.7. The number of ketones is 2. The molecule has 22 nitrogen and oxygen atoms in total. The van der Waals surface area contributed by atoms with Crippen molar-refractivity contribution in [3.8, 4) is 23.0 Å². The van der Waals surface area contributed by atoms with Crippen LogP contribution in [0.2, 0.25) is 0 Å². The molecule has 12 atom stereocenters. The van der Waals surface area contributed by atoms with Crippen LogP contribution in [-0.2, 0) is 35.2 Å². The molecule has 2 aliphatic carbocycles. The van der Waals surface area contributed by atoms with Gasteiger partial charge in [0.25, 0.3) is 0 Å². The Morgan fingerprint density at radius 2 is 1.04 bits per heavy atom. The Labute approximate surface area is 396 Å². The normalized spacial score (nSPS) is 30.2. The van der Waals surface area contributed by atoms with Crippen molar-refractivity contribution in [1.82, 2.24) is 0 Å². The van der Waals surface area contributed by atoms with Crippen molar-refractivity contribution < 1.29 is 109 Å². The third-order valence-electron chi connectivity index (χ3n) is 13.8. The van der Waals surface area contributed by atoms with E-state index in [1.807, 2.05) is 0 Å². The van der Waals surface area contributed by atoms with Crippen LogP contribution in [0.3, 0.4) is 0 Å². The minimum absolute atomic E-state index is 0.0105. The number of phenolic OH excluding ortho intramolecular Hbond substituents is 2. The summed E-state index contributed by atoms with van der Waals surface area (Å²) in [4.78, 5) is 67.5. The number of hydrogen-bond donors (Lipinski definition) is 12. The van der Waals surface area contributed by atoms with Crippen LogP contribution in [0.5, 0.6) is 23.0 Å². The molecule has 0 unspecified atom stereocenters. The molecule has 2 fully saturated rings. The molecule has 0 aromatic heterocycles. The molecule has 70 heavy (non-hydrogen) atoms. The highest BCUT2D eigenvalue weighted by molar-refractivity contribution is 6.18. The second-order valence-corrected chi connectivity index (χ2v) is 18.0. The number of aliphatic hydroxyl groups is 7. The smallest absolute Gasteiger partial charge is 0.339 e. The van der Waals surface area contributed by atoms with Gasteiger partial charge in [-0.1, -0.05) is 24.3 Å². The first kappa shape index (κ1) is 50.3. The minimum atomic E-state index is -2.15. The van der Waals surface area contributed by atoms with Gasteiger partial charge >= 0.3 is 11.9 Å². The second-order valence-electron chi connectivity index (χ2n) is 18.0.